The van der Waals surface area contributed by atoms with E-state index >= 15 is 0 Å². The van der Waals surface area contributed by atoms with Gasteiger partial charge in [0.25, 0.3) is 5.89 Å². The average Bonchev–Trinajstić information content (AvgIpc) is 3.10. The normalized spacial score (nSPS) is 10.5. The number of benzene rings is 2. The first-order valence-corrected chi connectivity index (χ1v) is 8.31. The first kappa shape index (κ1) is 17.2. The fourth-order valence-electron chi connectivity index (χ4n) is 2.16. The van der Waals surface area contributed by atoms with Crippen LogP contribution in [0.3, 0.4) is 0 Å². The number of aromatic nitrogens is 2. The molecule has 0 bridgehead atoms. The summed E-state index contributed by atoms with van der Waals surface area (Å²) < 4.78 is 16.7. The van der Waals surface area contributed by atoms with Crippen LogP contribution in [-0.2, 0) is 22.6 Å². The number of carbonyl (C=O) groups excluding carboxylic acids is 1. The molecule has 0 aliphatic heterocycles. The Labute approximate surface area is 152 Å². The zero-order valence-electron chi connectivity index (χ0n) is 13.4. The molecule has 0 amide bonds. The minimum atomic E-state index is -0.370. The van der Waals surface area contributed by atoms with Crippen molar-refractivity contribution in [2.75, 3.05) is 7.11 Å². The number of rotatable bonds is 6. The fourth-order valence-corrected chi connectivity index (χ4v) is 2.61. The van der Waals surface area contributed by atoms with Gasteiger partial charge in [0.1, 0.15) is 5.75 Å². The highest BCUT2D eigenvalue weighted by Gasteiger charge is 2.13. The molecule has 25 heavy (non-hydrogen) atoms. The first-order valence-electron chi connectivity index (χ1n) is 7.51. The third-order valence-electron chi connectivity index (χ3n) is 3.44. The first-order chi connectivity index (χ1) is 12.2. The van der Waals surface area contributed by atoms with E-state index in [1.165, 1.54) is 0 Å². The number of nitrogens with zero attached hydrogens (tertiary/aromatic N) is 2. The second-order valence-corrected chi connectivity index (χ2v) is 6.02. The molecule has 0 fully saturated rings. The van der Waals surface area contributed by atoms with Crippen LogP contribution in [0.15, 0.2) is 57.4 Å². The van der Waals surface area contributed by atoms with Crippen molar-refractivity contribution in [1.29, 1.82) is 0 Å². The number of carbonyl (C=O) groups is 1. The van der Waals surface area contributed by atoms with E-state index in [1.54, 1.807) is 19.2 Å². The van der Waals surface area contributed by atoms with Crippen LogP contribution in [0.4, 0.5) is 0 Å². The molecular weight excluding hydrogens is 388 g/mol. The summed E-state index contributed by atoms with van der Waals surface area (Å²) in [6.07, 6.45) is 0.162. The summed E-state index contributed by atoms with van der Waals surface area (Å²) in [6, 6.07) is 14.7. The molecule has 0 saturated carbocycles. The van der Waals surface area contributed by atoms with Crippen molar-refractivity contribution >= 4 is 21.9 Å². The lowest BCUT2D eigenvalue weighted by Crippen LogP contribution is -2.08. The summed E-state index contributed by atoms with van der Waals surface area (Å²) in [5, 5.41) is 7.88. The predicted molar refractivity (Wildman–Crippen MR) is 93.9 cm³/mol. The number of ether oxygens (including phenoxy) is 2. The van der Waals surface area contributed by atoms with Gasteiger partial charge in [-0.2, -0.15) is 0 Å². The molecule has 128 valence electrons. The molecule has 0 radical (unpaired) electrons. The summed E-state index contributed by atoms with van der Waals surface area (Å²) in [5.41, 5.74) is 1.62. The molecule has 1 aromatic heterocycles. The SMILES string of the molecule is COc1ccc(CC(=O)OCc2nnc(-c3ccccc3Br)o2)cc1. The minimum Gasteiger partial charge on any atom is -0.497 e. The number of esters is 1. The van der Waals surface area contributed by atoms with Crippen LogP contribution in [0.2, 0.25) is 0 Å². The highest BCUT2D eigenvalue weighted by atomic mass is 79.9. The van der Waals surface area contributed by atoms with Crippen molar-refractivity contribution in [3.63, 3.8) is 0 Å². The summed E-state index contributed by atoms with van der Waals surface area (Å²) in [6.45, 7) is -0.0631. The van der Waals surface area contributed by atoms with E-state index in [2.05, 4.69) is 26.1 Å². The van der Waals surface area contributed by atoms with E-state index in [-0.39, 0.29) is 24.9 Å². The Bertz CT molecular complexity index is 862. The second-order valence-electron chi connectivity index (χ2n) is 5.17. The van der Waals surface area contributed by atoms with Crippen LogP contribution in [0.25, 0.3) is 11.5 Å². The zero-order valence-corrected chi connectivity index (χ0v) is 15.0. The smallest absolute Gasteiger partial charge is 0.310 e. The zero-order chi connectivity index (χ0) is 17.6. The van der Waals surface area contributed by atoms with Gasteiger partial charge in [-0.3, -0.25) is 4.79 Å². The molecule has 6 nitrogen and oxygen atoms in total. The maximum absolute atomic E-state index is 11.9. The van der Waals surface area contributed by atoms with Crippen LogP contribution in [0.1, 0.15) is 11.5 Å². The Balaban J connectivity index is 1.56. The van der Waals surface area contributed by atoms with Crippen molar-refractivity contribution in [2.45, 2.75) is 13.0 Å². The number of hydrogen-bond donors (Lipinski definition) is 0. The molecule has 7 heteroatoms. The highest BCUT2D eigenvalue weighted by Crippen LogP contribution is 2.26. The maximum atomic E-state index is 11.9. The summed E-state index contributed by atoms with van der Waals surface area (Å²) in [5.74, 6) is 0.982. The molecule has 3 aromatic rings. The van der Waals surface area contributed by atoms with Crippen molar-refractivity contribution in [3.05, 3.63) is 64.5 Å². The van der Waals surface area contributed by atoms with Crippen LogP contribution in [0, 0.1) is 0 Å². The van der Waals surface area contributed by atoms with Gasteiger partial charge in [-0.25, -0.2) is 0 Å². The van der Waals surface area contributed by atoms with Gasteiger partial charge in [-0.15, -0.1) is 10.2 Å². The van der Waals surface area contributed by atoms with Gasteiger partial charge in [-0.1, -0.05) is 24.3 Å². The number of methoxy groups -OCH3 is 1. The van der Waals surface area contributed by atoms with E-state index in [0.717, 1.165) is 21.3 Å². The number of halogens is 1. The van der Waals surface area contributed by atoms with Crippen molar-refractivity contribution in [1.82, 2.24) is 10.2 Å². The van der Waals surface area contributed by atoms with Crippen LogP contribution >= 0.6 is 15.9 Å². The lowest BCUT2D eigenvalue weighted by Gasteiger charge is -2.04. The minimum absolute atomic E-state index is 0.0631. The largest absolute Gasteiger partial charge is 0.497 e. The second kappa shape index (κ2) is 7.94. The Morgan fingerprint density at radius 2 is 1.88 bits per heavy atom. The van der Waals surface area contributed by atoms with Gasteiger partial charge >= 0.3 is 5.97 Å². The molecule has 0 aliphatic rings. The van der Waals surface area contributed by atoms with Gasteiger partial charge in [0.15, 0.2) is 6.61 Å². The molecule has 0 spiro atoms. The van der Waals surface area contributed by atoms with Gasteiger partial charge in [-0.05, 0) is 45.8 Å². The lowest BCUT2D eigenvalue weighted by atomic mass is 10.1. The van der Waals surface area contributed by atoms with Gasteiger partial charge in [0.05, 0.1) is 19.1 Å². The lowest BCUT2D eigenvalue weighted by molar-refractivity contribution is -0.144. The third kappa shape index (κ3) is 4.45. The van der Waals surface area contributed by atoms with E-state index < -0.39 is 0 Å². The van der Waals surface area contributed by atoms with E-state index in [4.69, 9.17) is 13.9 Å². The van der Waals surface area contributed by atoms with E-state index in [0.29, 0.717) is 5.89 Å². The van der Waals surface area contributed by atoms with Crippen molar-refractivity contribution < 1.29 is 18.7 Å². The Hall–Kier alpha value is -2.67. The van der Waals surface area contributed by atoms with E-state index in [1.807, 2.05) is 36.4 Å². The van der Waals surface area contributed by atoms with Crippen LogP contribution < -0.4 is 4.74 Å². The monoisotopic (exact) mass is 402 g/mol. The molecule has 0 saturated heterocycles. The average molecular weight is 403 g/mol. The molecule has 1 heterocycles. The Kier molecular flexibility index (Phi) is 5.45. The molecule has 0 unspecified atom stereocenters. The van der Waals surface area contributed by atoms with E-state index in [9.17, 15) is 4.79 Å². The molecule has 2 aromatic carbocycles. The Morgan fingerprint density at radius 1 is 1.12 bits per heavy atom. The summed E-state index contributed by atoms with van der Waals surface area (Å²) >= 11 is 3.43. The Morgan fingerprint density at radius 3 is 2.60 bits per heavy atom. The van der Waals surface area contributed by atoms with Crippen molar-refractivity contribution in [3.8, 4) is 17.2 Å². The summed E-state index contributed by atoms with van der Waals surface area (Å²) in [7, 11) is 1.59. The highest BCUT2D eigenvalue weighted by molar-refractivity contribution is 9.10. The number of hydrogen-bond acceptors (Lipinski definition) is 6. The molecular formula is C18H15BrN2O4. The van der Waals surface area contributed by atoms with Crippen LogP contribution in [-0.4, -0.2) is 23.3 Å². The fraction of sp³-hybridized carbons (Fsp3) is 0.167. The quantitative estimate of drug-likeness (QED) is 0.583. The standard InChI is InChI=1S/C18H15BrN2O4/c1-23-13-8-6-12(7-9-13)10-17(22)24-11-16-20-21-18(25-16)14-4-2-3-5-15(14)19/h2-9H,10-11H2,1H3. The predicted octanol–water partition coefficient (Wildman–Crippen LogP) is 3.79. The molecule has 0 atom stereocenters. The van der Waals surface area contributed by atoms with Gasteiger partial charge in [0, 0.05) is 4.47 Å². The maximum Gasteiger partial charge on any atom is 0.310 e. The summed E-state index contributed by atoms with van der Waals surface area (Å²) in [4.78, 5) is 11.9. The van der Waals surface area contributed by atoms with Crippen LogP contribution in [0.5, 0.6) is 5.75 Å². The third-order valence-corrected chi connectivity index (χ3v) is 4.13. The molecule has 0 aliphatic carbocycles. The van der Waals surface area contributed by atoms with Gasteiger partial charge < -0.3 is 13.9 Å². The van der Waals surface area contributed by atoms with Crippen molar-refractivity contribution in [2.24, 2.45) is 0 Å². The van der Waals surface area contributed by atoms with Gasteiger partial charge in [0.2, 0.25) is 5.89 Å². The topological polar surface area (TPSA) is 74.5 Å². The molecule has 0 N–H and O–H groups in total. The molecule has 3 rings (SSSR count).